The van der Waals surface area contributed by atoms with Gasteiger partial charge in [0.25, 0.3) is 0 Å². The second-order valence-corrected chi connectivity index (χ2v) is 7.16. The Kier molecular flexibility index (Phi) is 4.62. The smallest absolute Gasteiger partial charge is 0.237 e. The molecule has 2 fully saturated rings. The van der Waals surface area contributed by atoms with E-state index in [1.54, 1.807) is 11.3 Å². The first-order chi connectivity index (χ1) is 10.1. The maximum Gasteiger partial charge on any atom is 0.237 e. The van der Waals surface area contributed by atoms with E-state index in [-0.39, 0.29) is 12.0 Å². The molecule has 0 spiro atoms. The Morgan fingerprint density at radius 2 is 2.33 bits per heavy atom. The van der Waals surface area contributed by atoms with Crippen molar-refractivity contribution in [1.82, 2.24) is 9.80 Å². The summed E-state index contributed by atoms with van der Waals surface area (Å²) >= 11 is 1.76. The first kappa shape index (κ1) is 15.0. The molecule has 1 aromatic rings. The number of hydrogen-bond acceptors (Lipinski definition) is 4. The van der Waals surface area contributed by atoms with Crippen LogP contribution in [0.15, 0.2) is 17.5 Å². The van der Waals surface area contributed by atoms with Crippen molar-refractivity contribution < 1.29 is 9.53 Å². The molecule has 3 heterocycles. The van der Waals surface area contributed by atoms with Crippen molar-refractivity contribution in [3.63, 3.8) is 0 Å². The van der Waals surface area contributed by atoms with Gasteiger partial charge in [-0.15, -0.1) is 11.3 Å². The first-order valence-corrected chi connectivity index (χ1v) is 8.71. The van der Waals surface area contributed by atoms with Gasteiger partial charge in [-0.25, -0.2) is 0 Å². The number of hydrogen-bond donors (Lipinski definition) is 0. The molecule has 0 N–H and O–H groups in total. The van der Waals surface area contributed by atoms with Gasteiger partial charge in [-0.2, -0.15) is 0 Å². The molecule has 2 saturated heterocycles. The van der Waals surface area contributed by atoms with Crippen LogP contribution in [-0.2, 0) is 9.53 Å². The highest BCUT2D eigenvalue weighted by Crippen LogP contribution is 2.34. The van der Waals surface area contributed by atoms with Crippen molar-refractivity contribution in [2.75, 3.05) is 26.2 Å². The second kappa shape index (κ2) is 6.46. The zero-order valence-corrected chi connectivity index (χ0v) is 13.6. The summed E-state index contributed by atoms with van der Waals surface area (Å²) in [6, 6.07) is 4.85. The van der Waals surface area contributed by atoms with Crippen molar-refractivity contribution in [1.29, 1.82) is 0 Å². The monoisotopic (exact) mass is 308 g/mol. The standard InChI is InChI=1S/C16H24N2O2S/c1-12-11-20-13(2)9-17(12)10-16(19)18-7-3-5-14(18)15-6-4-8-21-15/h4,6,8,12-14H,3,5,7,9-11H2,1-2H3/t12-,13+,14-/m0/s1. The predicted molar refractivity (Wildman–Crippen MR) is 84.5 cm³/mol. The molecule has 2 aliphatic heterocycles. The molecule has 0 bridgehead atoms. The molecule has 0 aliphatic carbocycles. The van der Waals surface area contributed by atoms with E-state index in [2.05, 4.69) is 41.2 Å². The molecule has 0 unspecified atom stereocenters. The summed E-state index contributed by atoms with van der Waals surface area (Å²) in [5.74, 6) is 0.270. The molecule has 1 aromatic heterocycles. The van der Waals surface area contributed by atoms with Gasteiger partial charge in [0, 0.05) is 24.0 Å². The van der Waals surface area contributed by atoms with E-state index >= 15 is 0 Å². The molecule has 0 aromatic carbocycles. The Hall–Kier alpha value is -0.910. The van der Waals surface area contributed by atoms with E-state index in [1.165, 1.54) is 4.88 Å². The Morgan fingerprint density at radius 1 is 1.48 bits per heavy atom. The van der Waals surface area contributed by atoms with E-state index in [1.807, 2.05) is 0 Å². The van der Waals surface area contributed by atoms with Crippen molar-refractivity contribution in [3.8, 4) is 0 Å². The molecule has 4 nitrogen and oxygen atoms in total. The third-order valence-corrected chi connectivity index (χ3v) is 5.49. The topological polar surface area (TPSA) is 32.8 Å². The van der Waals surface area contributed by atoms with Crippen molar-refractivity contribution in [2.24, 2.45) is 0 Å². The summed E-state index contributed by atoms with van der Waals surface area (Å²) < 4.78 is 5.64. The van der Waals surface area contributed by atoms with E-state index in [0.717, 1.165) is 32.5 Å². The molecule has 0 saturated carbocycles. The Bertz CT molecular complexity index is 477. The van der Waals surface area contributed by atoms with Crippen LogP contribution in [0.2, 0.25) is 0 Å². The Morgan fingerprint density at radius 3 is 3.10 bits per heavy atom. The van der Waals surface area contributed by atoms with Crippen LogP contribution in [0.4, 0.5) is 0 Å². The quantitative estimate of drug-likeness (QED) is 0.860. The van der Waals surface area contributed by atoms with Crippen LogP contribution in [0.5, 0.6) is 0 Å². The fourth-order valence-corrected chi connectivity index (χ4v) is 4.17. The van der Waals surface area contributed by atoms with Gasteiger partial charge in [-0.1, -0.05) is 6.07 Å². The lowest BCUT2D eigenvalue weighted by Crippen LogP contribution is -2.51. The average Bonchev–Trinajstić information content (AvgIpc) is 3.12. The number of carbonyl (C=O) groups excluding carboxylic acids is 1. The van der Waals surface area contributed by atoms with E-state index < -0.39 is 0 Å². The van der Waals surface area contributed by atoms with Crippen LogP contribution >= 0.6 is 11.3 Å². The summed E-state index contributed by atoms with van der Waals surface area (Å²) in [6.07, 6.45) is 2.44. The van der Waals surface area contributed by atoms with Crippen molar-refractivity contribution >= 4 is 17.2 Å². The summed E-state index contributed by atoms with van der Waals surface area (Å²) in [5.41, 5.74) is 0. The van der Waals surface area contributed by atoms with Crippen molar-refractivity contribution in [3.05, 3.63) is 22.4 Å². The van der Waals surface area contributed by atoms with Crippen LogP contribution < -0.4 is 0 Å². The fourth-order valence-electron chi connectivity index (χ4n) is 3.30. The minimum absolute atomic E-state index is 0.223. The number of carbonyl (C=O) groups is 1. The number of ether oxygens (including phenoxy) is 1. The molecule has 2 aliphatic rings. The van der Waals surface area contributed by atoms with Crippen LogP contribution in [0.1, 0.15) is 37.6 Å². The van der Waals surface area contributed by atoms with Gasteiger partial charge in [-0.3, -0.25) is 9.69 Å². The lowest BCUT2D eigenvalue weighted by Gasteiger charge is -2.37. The number of rotatable bonds is 3. The zero-order valence-electron chi connectivity index (χ0n) is 12.8. The lowest BCUT2D eigenvalue weighted by molar-refractivity contribution is -0.136. The second-order valence-electron chi connectivity index (χ2n) is 6.18. The molecule has 3 rings (SSSR count). The highest BCUT2D eigenvalue weighted by atomic mass is 32.1. The maximum absolute atomic E-state index is 12.7. The third-order valence-electron chi connectivity index (χ3n) is 4.52. The van der Waals surface area contributed by atoms with Gasteiger partial charge in [-0.05, 0) is 38.1 Å². The molecule has 5 heteroatoms. The van der Waals surface area contributed by atoms with E-state index in [4.69, 9.17) is 4.74 Å². The number of morpholine rings is 1. The Labute approximate surface area is 130 Å². The van der Waals surface area contributed by atoms with Gasteiger partial charge < -0.3 is 9.64 Å². The minimum atomic E-state index is 0.223. The van der Waals surface area contributed by atoms with Crippen molar-refractivity contribution in [2.45, 2.75) is 44.9 Å². The summed E-state index contributed by atoms with van der Waals surface area (Å²) in [7, 11) is 0. The van der Waals surface area contributed by atoms with Crippen LogP contribution in [0.3, 0.4) is 0 Å². The maximum atomic E-state index is 12.7. The van der Waals surface area contributed by atoms with Gasteiger partial charge >= 0.3 is 0 Å². The number of amides is 1. The highest BCUT2D eigenvalue weighted by molar-refractivity contribution is 7.10. The van der Waals surface area contributed by atoms with Gasteiger partial charge in [0.05, 0.1) is 25.3 Å². The average molecular weight is 308 g/mol. The van der Waals surface area contributed by atoms with Gasteiger partial charge in [0.1, 0.15) is 0 Å². The van der Waals surface area contributed by atoms with Gasteiger partial charge in [0.15, 0.2) is 0 Å². The predicted octanol–water partition coefficient (Wildman–Crippen LogP) is 2.52. The minimum Gasteiger partial charge on any atom is -0.376 e. The molecule has 116 valence electrons. The van der Waals surface area contributed by atoms with E-state index in [0.29, 0.717) is 18.6 Å². The summed E-state index contributed by atoms with van der Waals surface area (Å²) in [5, 5.41) is 2.10. The molecular formula is C16H24N2O2S. The third kappa shape index (κ3) is 3.30. The highest BCUT2D eigenvalue weighted by Gasteiger charge is 2.33. The summed E-state index contributed by atoms with van der Waals surface area (Å²) in [6.45, 7) is 7.22. The number of thiophene rings is 1. The van der Waals surface area contributed by atoms with Gasteiger partial charge in [0.2, 0.25) is 5.91 Å². The normalized spacial score (nSPS) is 30.8. The largest absolute Gasteiger partial charge is 0.376 e. The van der Waals surface area contributed by atoms with Crippen LogP contribution in [-0.4, -0.2) is 54.1 Å². The van der Waals surface area contributed by atoms with Crippen LogP contribution in [0, 0.1) is 0 Å². The number of likely N-dealkylation sites (tertiary alicyclic amines) is 1. The first-order valence-electron chi connectivity index (χ1n) is 7.83. The number of nitrogens with zero attached hydrogens (tertiary/aromatic N) is 2. The van der Waals surface area contributed by atoms with E-state index in [9.17, 15) is 4.79 Å². The molecule has 0 radical (unpaired) electrons. The molecule has 1 amide bonds. The SMILES string of the molecule is C[C@@H]1CN(CC(=O)N2CCC[C@H]2c2cccs2)[C@@H](C)CO1. The lowest BCUT2D eigenvalue weighted by atomic mass is 10.1. The molecule has 3 atom stereocenters. The summed E-state index contributed by atoms with van der Waals surface area (Å²) in [4.78, 5) is 18.4. The molecule has 21 heavy (non-hydrogen) atoms. The zero-order chi connectivity index (χ0) is 14.8. The Balaban J connectivity index is 1.64. The van der Waals surface area contributed by atoms with Crippen LogP contribution in [0.25, 0.3) is 0 Å². The molecular weight excluding hydrogens is 284 g/mol. The fraction of sp³-hybridized carbons (Fsp3) is 0.688.